The van der Waals surface area contributed by atoms with E-state index in [1.54, 1.807) is 38.2 Å². The summed E-state index contributed by atoms with van der Waals surface area (Å²) in [6.45, 7) is 3.41. The molecule has 0 unspecified atom stereocenters. The molecule has 0 spiro atoms. The Labute approximate surface area is 143 Å². The van der Waals surface area contributed by atoms with Crippen LogP contribution < -0.4 is 9.80 Å². The molecule has 0 aliphatic heterocycles. The van der Waals surface area contributed by atoms with Crippen LogP contribution >= 0.6 is 0 Å². The second-order valence-corrected chi connectivity index (χ2v) is 5.21. The zero-order chi connectivity index (χ0) is 17.8. The van der Waals surface area contributed by atoms with Crippen molar-refractivity contribution in [3.8, 4) is 0 Å². The number of aryl methyl sites for hydroxylation is 1. The lowest BCUT2D eigenvalue weighted by molar-refractivity contribution is 0.136. The maximum atomic E-state index is 5.21. The first kappa shape index (κ1) is 20.5. The summed E-state index contributed by atoms with van der Waals surface area (Å²) in [5.41, 5.74) is 0. The molecule has 0 atom stereocenters. The van der Waals surface area contributed by atoms with Gasteiger partial charge in [-0.2, -0.15) is 15.0 Å². The predicted octanol–water partition coefficient (Wildman–Crippen LogP) is 1.24. The first-order valence-electron chi connectivity index (χ1n) is 7.90. The minimum absolute atomic E-state index is 0.319. The molecule has 0 amide bonds. The first-order valence-corrected chi connectivity index (χ1v) is 7.90. The molecule has 9 nitrogen and oxygen atoms in total. The van der Waals surface area contributed by atoms with Crippen molar-refractivity contribution >= 4 is 11.9 Å². The number of nitrogens with zero attached hydrogens (tertiary/aromatic N) is 5. The minimum atomic E-state index is 0.319. The molecular formula is C15H29N5O4. The molecule has 138 valence electrons. The van der Waals surface area contributed by atoms with Crippen LogP contribution in [0, 0.1) is 0 Å². The SMILES string of the molecule is CCCCc1nc(N(COC)COC)nc(N(COC)COC)n1. The second kappa shape index (κ2) is 11.9. The van der Waals surface area contributed by atoms with Crippen molar-refractivity contribution < 1.29 is 18.9 Å². The lowest BCUT2D eigenvalue weighted by Gasteiger charge is -2.24. The Hall–Kier alpha value is -1.55. The average molecular weight is 343 g/mol. The van der Waals surface area contributed by atoms with Crippen LogP contribution in [0.3, 0.4) is 0 Å². The Balaban J connectivity index is 3.17. The van der Waals surface area contributed by atoms with Crippen LogP contribution in [0.2, 0.25) is 0 Å². The molecule has 0 fully saturated rings. The van der Waals surface area contributed by atoms with Crippen molar-refractivity contribution in [2.75, 3.05) is 65.2 Å². The van der Waals surface area contributed by atoms with E-state index < -0.39 is 0 Å². The van der Waals surface area contributed by atoms with Crippen LogP contribution in [0.25, 0.3) is 0 Å². The molecule has 24 heavy (non-hydrogen) atoms. The highest BCUT2D eigenvalue weighted by Crippen LogP contribution is 2.16. The van der Waals surface area contributed by atoms with Gasteiger partial charge in [-0.05, 0) is 6.42 Å². The Morgan fingerprint density at radius 1 is 0.708 bits per heavy atom. The highest BCUT2D eigenvalue weighted by molar-refractivity contribution is 5.38. The van der Waals surface area contributed by atoms with Crippen molar-refractivity contribution in [2.45, 2.75) is 26.2 Å². The number of hydrogen-bond donors (Lipinski definition) is 0. The van der Waals surface area contributed by atoms with Crippen molar-refractivity contribution in [2.24, 2.45) is 0 Å². The molecule has 0 bridgehead atoms. The van der Waals surface area contributed by atoms with Crippen molar-refractivity contribution in [1.29, 1.82) is 0 Å². The van der Waals surface area contributed by atoms with E-state index in [2.05, 4.69) is 21.9 Å². The van der Waals surface area contributed by atoms with Gasteiger partial charge in [-0.25, -0.2) is 0 Å². The topological polar surface area (TPSA) is 82.1 Å². The molecular weight excluding hydrogens is 314 g/mol. The zero-order valence-corrected chi connectivity index (χ0v) is 15.3. The smallest absolute Gasteiger partial charge is 0.234 e. The lowest BCUT2D eigenvalue weighted by atomic mass is 10.2. The van der Waals surface area contributed by atoms with E-state index in [-0.39, 0.29) is 0 Å². The van der Waals surface area contributed by atoms with E-state index in [1.807, 2.05) is 0 Å². The van der Waals surface area contributed by atoms with E-state index in [0.717, 1.165) is 25.1 Å². The minimum Gasteiger partial charge on any atom is -0.364 e. The van der Waals surface area contributed by atoms with Crippen molar-refractivity contribution in [1.82, 2.24) is 15.0 Å². The molecule has 1 rings (SSSR count). The molecule has 0 saturated heterocycles. The van der Waals surface area contributed by atoms with E-state index in [0.29, 0.717) is 38.8 Å². The molecule has 0 N–H and O–H groups in total. The van der Waals surface area contributed by atoms with Crippen LogP contribution in [0.4, 0.5) is 11.9 Å². The summed E-state index contributed by atoms with van der Waals surface area (Å²) < 4.78 is 20.8. The van der Waals surface area contributed by atoms with E-state index >= 15 is 0 Å². The normalized spacial score (nSPS) is 10.9. The van der Waals surface area contributed by atoms with Gasteiger partial charge < -0.3 is 18.9 Å². The standard InChI is InChI=1S/C15H29N5O4/c1-6-7-8-13-16-14(19(9-21-2)10-22-3)18-15(17-13)20(11-23-4)12-24-5/h6-12H2,1-5H3. The molecule has 1 heterocycles. The highest BCUT2D eigenvalue weighted by atomic mass is 16.5. The quantitative estimate of drug-likeness (QED) is 0.491. The van der Waals surface area contributed by atoms with Gasteiger partial charge in [0.15, 0.2) is 0 Å². The zero-order valence-electron chi connectivity index (χ0n) is 15.3. The van der Waals surface area contributed by atoms with Crippen LogP contribution in [-0.2, 0) is 25.4 Å². The third kappa shape index (κ3) is 6.52. The summed E-state index contributed by atoms with van der Waals surface area (Å²) in [6.07, 6.45) is 2.85. The van der Waals surface area contributed by atoms with E-state index in [1.165, 1.54) is 0 Å². The van der Waals surface area contributed by atoms with Crippen molar-refractivity contribution in [3.05, 3.63) is 5.82 Å². The van der Waals surface area contributed by atoms with Gasteiger partial charge in [-0.1, -0.05) is 13.3 Å². The van der Waals surface area contributed by atoms with Gasteiger partial charge >= 0.3 is 0 Å². The summed E-state index contributed by atoms with van der Waals surface area (Å²) in [6, 6.07) is 0. The third-order valence-electron chi connectivity index (χ3n) is 3.12. The number of methoxy groups -OCH3 is 4. The Kier molecular flexibility index (Phi) is 10.2. The molecule has 1 aromatic rings. The third-order valence-corrected chi connectivity index (χ3v) is 3.12. The fourth-order valence-electron chi connectivity index (χ4n) is 2.05. The first-order chi connectivity index (χ1) is 11.7. The summed E-state index contributed by atoms with van der Waals surface area (Å²) in [5.74, 6) is 1.74. The lowest BCUT2D eigenvalue weighted by Crippen LogP contribution is -2.33. The Morgan fingerprint density at radius 3 is 1.46 bits per heavy atom. The summed E-state index contributed by atoms with van der Waals surface area (Å²) in [5, 5.41) is 0. The second-order valence-electron chi connectivity index (χ2n) is 5.21. The van der Waals surface area contributed by atoms with Crippen LogP contribution in [0.1, 0.15) is 25.6 Å². The highest BCUT2D eigenvalue weighted by Gasteiger charge is 2.17. The van der Waals surface area contributed by atoms with Gasteiger partial charge in [-0.3, -0.25) is 9.80 Å². The van der Waals surface area contributed by atoms with Gasteiger partial charge in [0.25, 0.3) is 0 Å². The number of hydrogen-bond acceptors (Lipinski definition) is 9. The molecule has 0 aliphatic rings. The van der Waals surface area contributed by atoms with Gasteiger partial charge in [0.05, 0.1) is 0 Å². The number of ether oxygens (including phenoxy) is 4. The molecule has 0 aliphatic carbocycles. The van der Waals surface area contributed by atoms with Gasteiger partial charge in [-0.15, -0.1) is 0 Å². The number of unbranched alkanes of at least 4 members (excludes halogenated alkanes) is 1. The predicted molar refractivity (Wildman–Crippen MR) is 90.9 cm³/mol. The monoisotopic (exact) mass is 343 g/mol. The summed E-state index contributed by atoms with van der Waals surface area (Å²) in [7, 11) is 6.46. The van der Waals surface area contributed by atoms with E-state index in [4.69, 9.17) is 18.9 Å². The molecule has 1 aromatic heterocycles. The fraction of sp³-hybridized carbons (Fsp3) is 0.800. The molecule has 9 heteroatoms. The molecule has 0 aromatic carbocycles. The molecule has 0 saturated carbocycles. The number of anilines is 2. The fourth-order valence-corrected chi connectivity index (χ4v) is 2.05. The average Bonchev–Trinajstić information content (AvgIpc) is 2.59. The van der Waals surface area contributed by atoms with Gasteiger partial charge in [0.2, 0.25) is 11.9 Å². The number of rotatable bonds is 13. The Bertz CT molecular complexity index is 417. The molecule has 0 radical (unpaired) electrons. The summed E-state index contributed by atoms with van der Waals surface area (Å²) in [4.78, 5) is 17.2. The van der Waals surface area contributed by atoms with E-state index in [9.17, 15) is 0 Å². The van der Waals surface area contributed by atoms with Crippen LogP contribution in [0.5, 0.6) is 0 Å². The maximum Gasteiger partial charge on any atom is 0.234 e. The van der Waals surface area contributed by atoms with Crippen LogP contribution in [-0.4, -0.2) is 70.3 Å². The van der Waals surface area contributed by atoms with Crippen LogP contribution in [0.15, 0.2) is 0 Å². The largest absolute Gasteiger partial charge is 0.364 e. The van der Waals surface area contributed by atoms with Gasteiger partial charge in [0, 0.05) is 34.9 Å². The summed E-state index contributed by atoms with van der Waals surface area (Å²) >= 11 is 0. The van der Waals surface area contributed by atoms with Crippen molar-refractivity contribution in [3.63, 3.8) is 0 Å². The Morgan fingerprint density at radius 2 is 1.12 bits per heavy atom. The van der Waals surface area contributed by atoms with Gasteiger partial charge in [0.1, 0.15) is 32.7 Å². The maximum absolute atomic E-state index is 5.21. The number of aromatic nitrogens is 3.